The van der Waals surface area contributed by atoms with Gasteiger partial charge >= 0.3 is 0 Å². The minimum Gasteiger partial charge on any atom is -0.394 e. The second kappa shape index (κ2) is 4.52. The molecule has 3 rings (SSSR count). The van der Waals surface area contributed by atoms with E-state index < -0.39 is 36.7 Å². The zero-order chi connectivity index (χ0) is 15.4. The quantitative estimate of drug-likeness (QED) is 0.398. The van der Waals surface area contributed by atoms with E-state index >= 15 is 0 Å². The predicted octanol–water partition coefficient (Wildman–Crippen LogP) is -2.69. The lowest BCUT2D eigenvalue weighted by Crippen LogP contribution is -2.33. The minimum absolute atomic E-state index is 0.0731. The van der Waals surface area contributed by atoms with Gasteiger partial charge in [0.25, 0.3) is 5.56 Å². The number of hydrogen-bond donors (Lipinski definition) is 5. The number of ether oxygens (including phenoxy) is 1. The van der Waals surface area contributed by atoms with E-state index in [0.29, 0.717) is 0 Å². The molecule has 0 saturated carbocycles. The van der Waals surface area contributed by atoms with Crippen LogP contribution in [0.5, 0.6) is 0 Å². The van der Waals surface area contributed by atoms with E-state index in [1.165, 1.54) is 0 Å². The Morgan fingerprint density at radius 2 is 2.30 bits per heavy atom. The molecule has 2 aromatic heterocycles. The Bertz CT molecular complexity index is 747. The predicted molar refractivity (Wildman–Crippen MR) is 65.6 cm³/mol. The monoisotopic (exact) mass is 284 g/mol. The number of aliphatic hydroxyl groups is 3. The highest BCUT2D eigenvalue weighted by Crippen LogP contribution is 2.30. The van der Waals surface area contributed by atoms with Crippen molar-refractivity contribution in [1.29, 1.82) is 0 Å². The first-order valence-corrected chi connectivity index (χ1v) is 5.76. The van der Waals surface area contributed by atoms with Gasteiger partial charge in [0.05, 0.1) is 14.3 Å². The summed E-state index contributed by atoms with van der Waals surface area (Å²) in [7, 11) is 0. The van der Waals surface area contributed by atoms with Crippen LogP contribution in [-0.4, -0.2) is 59.8 Å². The highest BCUT2D eigenvalue weighted by molar-refractivity contribution is 5.70. The molecule has 20 heavy (non-hydrogen) atoms. The third kappa shape index (κ3) is 1.78. The Morgan fingerprint density at radius 1 is 1.55 bits per heavy atom. The van der Waals surface area contributed by atoms with E-state index in [4.69, 9.17) is 16.9 Å². The minimum atomic E-state index is -2.19. The topological polar surface area (TPSA) is 160 Å². The average molecular weight is 284 g/mol. The van der Waals surface area contributed by atoms with Crippen LogP contribution in [0.3, 0.4) is 0 Å². The Hall–Kier alpha value is -2.01. The van der Waals surface area contributed by atoms with Crippen molar-refractivity contribution in [2.75, 3.05) is 12.3 Å². The molecule has 6 N–H and O–H groups in total. The van der Waals surface area contributed by atoms with Crippen molar-refractivity contribution in [1.82, 2.24) is 19.5 Å². The van der Waals surface area contributed by atoms with Crippen LogP contribution in [0.25, 0.3) is 11.2 Å². The van der Waals surface area contributed by atoms with E-state index in [9.17, 15) is 15.0 Å². The SMILES string of the molecule is [2H][C@@]1(n2cnc3c(=O)[nH]c(N)nc32)O[C@H](CO)[C@@H](O)[C@H]1O. The summed E-state index contributed by atoms with van der Waals surface area (Å²) >= 11 is 0. The molecule has 2 aromatic rings. The van der Waals surface area contributed by atoms with Crippen LogP contribution in [0.2, 0.25) is 0 Å². The molecule has 1 aliphatic heterocycles. The summed E-state index contributed by atoms with van der Waals surface area (Å²) in [4.78, 5) is 21.6. The number of aliphatic hydroxyl groups excluding tert-OH is 3. The highest BCUT2D eigenvalue weighted by atomic mass is 16.6. The van der Waals surface area contributed by atoms with Crippen molar-refractivity contribution in [3.8, 4) is 0 Å². The molecule has 10 heteroatoms. The van der Waals surface area contributed by atoms with Gasteiger partial charge in [0.1, 0.15) is 18.3 Å². The molecule has 0 unspecified atom stereocenters. The highest BCUT2D eigenvalue weighted by Gasteiger charge is 2.44. The van der Waals surface area contributed by atoms with Crippen molar-refractivity contribution in [3.05, 3.63) is 16.7 Å². The molecular weight excluding hydrogens is 270 g/mol. The largest absolute Gasteiger partial charge is 0.394 e. The smallest absolute Gasteiger partial charge is 0.280 e. The lowest BCUT2D eigenvalue weighted by molar-refractivity contribution is -0.0511. The summed E-state index contributed by atoms with van der Waals surface area (Å²) in [6.45, 7) is -0.582. The zero-order valence-corrected chi connectivity index (χ0v) is 10.1. The van der Waals surface area contributed by atoms with E-state index in [2.05, 4.69) is 15.0 Å². The number of anilines is 1. The fourth-order valence-corrected chi connectivity index (χ4v) is 2.08. The van der Waals surface area contributed by atoms with Crippen LogP contribution < -0.4 is 11.3 Å². The van der Waals surface area contributed by atoms with Gasteiger partial charge < -0.3 is 25.8 Å². The standard InChI is InChI=1S/C10H13N5O5/c11-10-13-7-4(8(19)14-10)12-2-15(7)9-6(18)5(17)3(1-16)20-9/h2-3,5-6,9,16-18H,1H2,(H3,11,13,14,19)/t3-,5-,6-,9-/m1/s1/i9D. The van der Waals surface area contributed by atoms with Crippen LogP contribution in [0.15, 0.2) is 11.1 Å². The number of aromatic nitrogens is 4. The second-order valence-corrected chi connectivity index (χ2v) is 4.35. The molecule has 0 amide bonds. The van der Waals surface area contributed by atoms with Crippen LogP contribution in [0, 0.1) is 0 Å². The Balaban J connectivity index is 2.19. The van der Waals surface area contributed by atoms with Crippen LogP contribution >= 0.6 is 0 Å². The van der Waals surface area contributed by atoms with Crippen LogP contribution in [0.1, 0.15) is 7.57 Å². The number of imidazole rings is 1. The Kier molecular flexibility index (Phi) is 2.67. The molecule has 3 heterocycles. The Labute approximate surface area is 112 Å². The number of hydrogen-bond acceptors (Lipinski definition) is 8. The molecule has 0 bridgehead atoms. The maximum Gasteiger partial charge on any atom is 0.280 e. The number of H-pyrrole nitrogens is 1. The van der Waals surface area contributed by atoms with E-state index in [1.54, 1.807) is 0 Å². The van der Waals surface area contributed by atoms with Crippen molar-refractivity contribution >= 4 is 17.1 Å². The van der Waals surface area contributed by atoms with Gasteiger partial charge in [-0.15, -0.1) is 0 Å². The van der Waals surface area contributed by atoms with Crippen molar-refractivity contribution < 1.29 is 21.4 Å². The molecule has 108 valence electrons. The first-order chi connectivity index (χ1) is 9.88. The molecular formula is C10H13N5O5. The summed E-state index contributed by atoms with van der Waals surface area (Å²) in [5, 5.41) is 28.9. The second-order valence-electron chi connectivity index (χ2n) is 4.35. The van der Waals surface area contributed by atoms with Crippen LogP contribution in [0.4, 0.5) is 5.95 Å². The number of fused-ring (bicyclic) bond motifs is 1. The van der Waals surface area contributed by atoms with Gasteiger partial charge in [-0.1, -0.05) is 0 Å². The molecule has 0 aliphatic carbocycles. The fraction of sp³-hybridized carbons (Fsp3) is 0.500. The van der Waals surface area contributed by atoms with Crippen molar-refractivity contribution in [2.45, 2.75) is 24.5 Å². The number of aromatic amines is 1. The molecule has 0 spiro atoms. The molecule has 10 nitrogen and oxygen atoms in total. The lowest BCUT2D eigenvalue weighted by Gasteiger charge is -2.16. The average Bonchev–Trinajstić information content (AvgIpc) is 2.95. The molecule has 0 aromatic carbocycles. The number of nitrogens with zero attached hydrogens (tertiary/aromatic N) is 3. The summed E-state index contributed by atoms with van der Waals surface area (Å²) < 4.78 is 14.4. The van der Waals surface area contributed by atoms with E-state index in [-0.39, 0.29) is 17.1 Å². The molecule has 1 saturated heterocycles. The fourth-order valence-electron chi connectivity index (χ4n) is 2.08. The molecule has 1 fully saturated rings. The van der Waals surface area contributed by atoms with Gasteiger partial charge in [-0.05, 0) is 0 Å². The summed E-state index contributed by atoms with van der Waals surface area (Å²) in [5.74, 6) is -0.190. The zero-order valence-electron chi connectivity index (χ0n) is 11.1. The third-order valence-corrected chi connectivity index (χ3v) is 3.07. The van der Waals surface area contributed by atoms with Gasteiger partial charge in [0.15, 0.2) is 17.4 Å². The number of nitrogens with one attached hydrogen (secondary N) is 1. The van der Waals surface area contributed by atoms with Gasteiger partial charge in [0.2, 0.25) is 5.95 Å². The normalized spacial score (nSPS) is 34.5. The van der Waals surface area contributed by atoms with Crippen molar-refractivity contribution in [3.63, 3.8) is 0 Å². The van der Waals surface area contributed by atoms with Gasteiger partial charge in [0, 0.05) is 0 Å². The van der Waals surface area contributed by atoms with Crippen molar-refractivity contribution in [2.24, 2.45) is 0 Å². The van der Waals surface area contributed by atoms with Gasteiger partial charge in [-0.25, -0.2) is 4.98 Å². The molecule has 4 atom stereocenters. The molecule has 1 aliphatic rings. The third-order valence-electron chi connectivity index (χ3n) is 3.07. The molecule has 0 radical (unpaired) electrons. The number of rotatable bonds is 2. The summed E-state index contributed by atoms with van der Waals surface area (Å²) in [5.41, 5.74) is 4.68. The first kappa shape index (κ1) is 11.8. The summed E-state index contributed by atoms with van der Waals surface area (Å²) in [6.07, 6.45) is -5.39. The van der Waals surface area contributed by atoms with Gasteiger partial charge in [-0.2, -0.15) is 4.98 Å². The number of nitrogens with two attached hydrogens (primary N) is 1. The lowest BCUT2D eigenvalue weighted by atomic mass is 10.1. The maximum absolute atomic E-state index is 11.7. The van der Waals surface area contributed by atoms with Gasteiger partial charge in [-0.3, -0.25) is 14.3 Å². The number of nitrogen functional groups attached to an aromatic ring is 1. The Morgan fingerprint density at radius 3 is 2.95 bits per heavy atom. The first-order valence-electron chi connectivity index (χ1n) is 6.26. The van der Waals surface area contributed by atoms with Crippen LogP contribution in [-0.2, 0) is 4.74 Å². The summed E-state index contributed by atoms with van der Waals surface area (Å²) in [6, 6.07) is 0. The maximum atomic E-state index is 11.7. The van der Waals surface area contributed by atoms with E-state index in [0.717, 1.165) is 10.9 Å². The van der Waals surface area contributed by atoms with E-state index in [1.807, 2.05) is 0 Å².